The molecule has 0 spiro atoms. The van der Waals surface area contributed by atoms with Gasteiger partial charge in [-0.1, -0.05) is 27.2 Å². The van der Waals surface area contributed by atoms with Crippen LogP contribution < -0.4 is 4.74 Å². The highest BCUT2D eigenvalue weighted by Crippen LogP contribution is 2.18. The predicted molar refractivity (Wildman–Crippen MR) is 83.4 cm³/mol. The summed E-state index contributed by atoms with van der Waals surface area (Å²) in [4.78, 5) is 0.239. The number of hydrogen-bond acceptors (Lipinski definition) is 3. The maximum absolute atomic E-state index is 5.77. The van der Waals surface area contributed by atoms with Gasteiger partial charge in [0.1, 0.15) is 5.75 Å². The van der Waals surface area contributed by atoms with E-state index in [0.717, 1.165) is 24.4 Å². The summed E-state index contributed by atoms with van der Waals surface area (Å²) in [5, 5.41) is 8.19. The fraction of sp³-hybridized carbons (Fsp3) is 0.467. The minimum Gasteiger partial charge on any atom is -0.494 e. The molecule has 2 aromatic rings. The van der Waals surface area contributed by atoms with Gasteiger partial charge in [-0.2, -0.15) is 0 Å². The van der Waals surface area contributed by atoms with Gasteiger partial charge in [-0.3, -0.25) is 4.68 Å². The van der Waals surface area contributed by atoms with Gasteiger partial charge in [0.2, 0.25) is 0 Å². The van der Waals surface area contributed by atoms with Crippen molar-refractivity contribution in [1.29, 1.82) is 0 Å². The number of ether oxygens (including phenoxy) is 1. The molecule has 2 rings (SSSR count). The van der Waals surface area contributed by atoms with Gasteiger partial charge in [-0.25, -0.2) is 0 Å². The highest BCUT2D eigenvalue weighted by molar-refractivity contribution is 9.09. The van der Waals surface area contributed by atoms with Gasteiger partial charge < -0.3 is 4.74 Å². The number of aryl methyl sites for hydroxylation is 3. The standard InChI is InChI=1S/C15H20BrN3O/c1-11-7-12(2)9-14(8-11)20-6-4-5-19-10-15(13(3)16)17-18-19/h7-10,13H,4-6H2,1-3H3. The number of rotatable bonds is 6. The molecule has 0 bridgehead atoms. The van der Waals surface area contributed by atoms with E-state index in [2.05, 4.69) is 58.3 Å². The number of halogens is 1. The van der Waals surface area contributed by atoms with Gasteiger partial charge in [0, 0.05) is 19.2 Å². The van der Waals surface area contributed by atoms with Crippen LogP contribution in [0.3, 0.4) is 0 Å². The molecule has 108 valence electrons. The monoisotopic (exact) mass is 337 g/mol. The van der Waals surface area contributed by atoms with Crippen molar-refractivity contribution in [2.24, 2.45) is 0 Å². The van der Waals surface area contributed by atoms with Gasteiger partial charge in [-0.15, -0.1) is 5.10 Å². The third-order valence-corrected chi connectivity index (χ3v) is 3.43. The van der Waals surface area contributed by atoms with Crippen molar-refractivity contribution in [3.63, 3.8) is 0 Å². The van der Waals surface area contributed by atoms with Gasteiger partial charge in [-0.05, 0) is 44.0 Å². The number of nitrogens with zero attached hydrogens (tertiary/aromatic N) is 3. The zero-order valence-corrected chi connectivity index (χ0v) is 13.7. The van der Waals surface area contributed by atoms with Crippen LogP contribution in [0.15, 0.2) is 24.4 Å². The molecule has 1 heterocycles. The van der Waals surface area contributed by atoms with Gasteiger partial charge in [0.15, 0.2) is 0 Å². The van der Waals surface area contributed by atoms with Gasteiger partial charge >= 0.3 is 0 Å². The molecule has 4 nitrogen and oxygen atoms in total. The van der Waals surface area contributed by atoms with Crippen LogP contribution in [-0.4, -0.2) is 21.6 Å². The summed E-state index contributed by atoms with van der Waals surface area (Å²) in [6, 6.07) is 6.27. The Labute approximate surface area is 128 Å². The second kappa shape index (κ2) is 6.88. The molecule has 0 N–H and O–H groups in total. The third-order valence-electron chi connectivity index (χ3n) is 2.96. The zero-order chi connectivity index (χ0) is 14.5. The van der Waals surface area contributed by atoms with E-state index >= 15 is 0 Å². The molecular weight excluding hydrogens is 318 g/mol. The largest absolute Gasteiger partial charge is 0.494 e. The van der Waals surface area contributed by atoms with E-state index in [4.69, 9.17) is 4.74 Å². The summed E-state index contributed by atoms with van der Waals surface area (Å²) >= 11 is 3.48. The highest BCUT2D eigenvalue weighted by atomic mass is 79.9. The average Bonchev–Trinajstić information content (AvgIpc) is 2.82. The first-order chi connectivity index (χ1) is 9.54. The summed E-state index contributed by atoms with van der Waals surface area (Å²) < 4.78 is 7.63. The van der Waals surface area contributed by atoms with Gasteiger partial charge in [0.05, 0.1) is 17.1 Å². The Morgan fingerprint density at radius 2 is 1.95 bits per heavy atom. The molecule has 0 saturated carbocycles. The summed E-state index contributed by atoms with van der Waals surface area (Å²) in [6.07, 6.45) is 2.88. The Balaban J connectivity index is 1.78. The molecule has 5 heteroatoms. The summed E-state index contributed by atoms with van der Waals surface area (Å²) in [5.74, 6) is 0.941. The van der Waals surface area contributed by atoms with Gasteiger partial charge in [0.25, 0.3) is 0 Å². The first-order valence-corrected chi connectivity index (χ1v) is 7.71. The topological polar surface area (TPSA) is 39.9 Å². The number of hydrogen-bond donors (Lipinski definition) is 0. The Bertz CT molecular complexity index is 546. The molecule has 1 aromatic heterocycles. The first-order valence-electron chi connectivity index (χ1n) is 6.80. The molecule has 1 atom stereocenters. The SMILES string of the molecule is Cc1cc(C)cc(OCCCn2cc(C(C)Br)nn2)c1. The lowest BCUT2D eigenvalue weighted by Crippen LogP contribution is -2.05. The molecule has 20 heavy (non-hydrogen) atoms. The maximum Gasteiger partial charge on any atom is 0.119 e. The molecule has 0 aliphatic carbocycles. The zero-order valence-electron chi connectivity index (χ0n) is 12.1. The number of aromatic nitrogens is 3. The van der Waals surface area contributed by atoms with Crippen LogP contribution in [0, 0.1) is 13.8 Å². The summed E-state index contributed by atoms with van der Waals surface area (Å²) in [7, 11) is 0. The molecule has 1 aromatic carbocycles. The van der Waals surface area contributed by atoms with Crippen molar-refractivity contribution in [2.45, 2.75) is 38.6 Å². The third kappa shape index (κ3) is 4.34. The van der Waals surface area contributed by atoms with E-state index in [1.807, 2.05) is 17.8 Å². The molecular formula is C15H20BrN3O. The number of alkyl halides is 1. The van der Waals surface area contributed by atoms with Crippen LogP contribution in [0.1, 0.15) is 35.0 Å². The second-order valence-electron chi connectivity index (χ2n) is 5.05. The molecule has 0 amide bonds. The fourth-order valence-electron chi connectivity index (χ4n) is 2.04. The van der Waals surface area contributed by atoms with Crippen LogP contribution in [0.5, 0.6) is 5.75 Å². The molecule has 0 aliphatic rings. The quantitative estimate of drug-likeness (QED) is 0.594. The van der Waals surface area contributed by atoms with E-state index in [9.17, 15) is 0 Å². The lowest BCUT2D eigenvalue weighted by Gasteiger charge is -2.08. The Morgan fingerprint density at radius 3 is 2.55 bits per heavy atom. The number of benzene rings is 1. The molecule has 0 saturated heterocycles. The van der Waals surface area contributed by atoms with Crippen molar-refractivity contribution in [3.05, 3.63) is 41.2 Å². The maximum atomic E-state index is 5.77. The molecule has 0 aliphatic heterocycles. The Hall–Kier alpha value is -1.36. The smallest absolute Gasteiger partial charge is 0.119 e. The van der Waals surface area contributed by atoms with E-state index in [1.54, 1.807) is 0 Å². The average molecular weight is 338 g/mol. The fourth-order valence-corrected chi connectivity index (χ4v) is 2.25. The highest BCUT2D eigenvalue weighted by Gasteiger charge is 2.05. The van der Waals surface area contributed by atoms with Crippen molar-refractivity contribution in [2.75, 3.05) is 6.61 Å². The Morgan fingerprint density at radius 1 is 1.25 bits per heavy atom. The van der Waals surface area contributed by atoms with Crippen LogP contribution in [-0.2, 0) is 6.54 Å². The lowest BCUT2D eigenvalue weighted by atomic mass is 10.1. The minimum atomic E-state index is 0.239. The molecule has 0 fully saturated rings. The van der Waals surface area contributed by atoms with E-state index in [-0.39, 0.29) is 4.83 Å². The second-order valence-corrected chi connectivity index (χ2v) is 6.42. The van der Waals surface area contributed by atoms with E-state index in [1.165, 1.54) is 11.1 Å². The van der Waals surface area contributed by atoms with E-state index < -0.39 is 0 Å². The lowest BCUT2D eigenvalue weighted by molar-refractivity contribution is 0.297. The summed E-state index contributed by atoms with van der Waals surface area (Å²) in [5.41, 5.74) is 3.42. The van der Waals surface area contributed by atoms with Crippen LogP contribution in [0.4, 0.5) is 0 Å². The molecule has 1 unspecified atom stereocenters. The van der Waals surface area contributed by atoms with E-state index in [0.29, 0.717) is 6.61 Å². The predicted octanol–water partition coefficient (Wildman–Crippen LogP) is 3.82. The van der Waals surface area contributed by atoms with Crippen molar-refractivity contribution in [3.8, 4) is 5.75 Å². The van der Waals surface area contributed by atoms with Crippen LogP contribution in [0.2, 0.25) is 0 Å². The normalized spacial score (nSPS) is 12.4. The van der Waals surface area contributed by atoms with Crippen molar-refractivity contribution < 1.29 is 4.74 Å². The van der Waals surface area contributed by atoms with Crippen LogP contribution >= 0.6 is 15.9 Å². The van der Waals surface area contributed by atoms with Crippen molar-refractivity contribution in [1.82, 2.24) is 15.0 Å². The summed E-state index contributed by atoms with van der Waals surface area (Å²) in [6.45, 7) is 7.70. The minimum absolute atomic E-state index is 0.239. The first kappa shape index (κ1) is 15.0. The Kier molecular flexibility index (Phi) is 5.17. The van der Waals surface area contributed by atoms with Crippen molar-refractivity contribution >= 4 is 15.9 Å². The molecule has 0 radical (unpaired) electrons. The van der Waals surface area contributed by atoms with Crippen LogP contribution in [0.25, 0.3) is 0 Å².